The largest absolute Gasteiger partial charge is 0.469 e. The zero-order valence-corrected chi connectivity index (χ0v) is 13.3. The van der Waals surface area contributed by atoms with Gasteiger partial charge in [-0.15, -0.1) is 11.8 Å². The fraction of sp³-hybridized carbons (Fsp3) is 0.556. The van der Waals surface area contributed by atoms with Crippen LogP contribution < -0.4 is 11.2 Å². The molecule has 4 unspecified atom stereocenters. The molecule has 0 spiro atoms. The molecule has 4 atom stereocenters. The highest BCUT2D eigenvalue weighted by molar-refractivity contribution is 8.00. The molecule has 15 heteroatoms. The summed E-state index contributed by atoms with van der Waals surface area (Å²) in [5.74, 6) is 0. The quantitative estimate of drug-likeness (QED) is 0.211. The predicted octanol–water partition coefficient (Wildman–Crippen LogP) is -2.11. The number of nitrogens with zero attached hydrogens (tertiary/aromatic N) is 2. The van der Waals surface area contributed by atoms with E-state index in [9.17, 15) is 34.5 Å². The number of hydrogen-bond donors (Lipinski definition) is 5. The lowest BCUT2D eigenvalue weighted by Gasteiger charge is -2.17. The third-order valence-corrected chi connectivity index (χ3v) is 5.20. The van der Waals surface area contributed by atoms with Crippen molar-refractivity contribution in [2.75, 3.05) is 6.61 Å². The van der Waals surface area contributed by atoms with E-state index in [1.54, 1.807) is 4.98 Å². The van der Waals surface area contributed by atoms with Crippen LogP contribution in [0.15, 0.2) is 15.8 Å². The number of aromatic nitrogens is 2. The highest BCUT2D eigenvalue weighted by Gasteiger charge is 2.45. The zero-order valence-electron chi connectivity index (χ0n) is 11.6. The molecule has 1 aromatic heterocycles. The molecule has 0 aromatic carbocycles. The summed E-state index contributed by atoms with van der Waals surface area (Å²) < 4.78 is 15.6. The fourth-order valence-electron chi connectivity index (χ4n) is 2.06. The van der Waals surface area contributed by atoms with E-state index in [-0.39, 0.29) is 0 Å². The van der Waals surface area contributed by atoms with Crippen LogP contribution in [0.3, 0.4) is 0 Å². The van der Waals surface area contributed by atoms with Gasteiger partial charge in [0.05, 0.1) is 29.1 Å². The molecule has 1 aliphatic heterocycles. The molecule has 1 aliphatic rings. The summed E-state index contributed by atoms with van der Waals surface area (Å²) in [5.41, 5.74) is -3.21. The van der Waals surface area contributed by atoms with Gasteiger partial charge < -0.3 is 20.0 Å². The van der Waals surface area contributed by atoms with Crippen molar-refractivity contribution in [1.29, 1.82) is 0 Å². The van der Waals surface area contributed by atoms with E-state index >= 15 is 0 Å². The molecule has 0 saturated carbocycles. The highest BCUT2D eigenvalue weighted by Crippen LogP contribution is 2.44. The Morgan fingerprint density at radius 2 is 2.00 bits per heavy atom. The van der Waals surface area contributed by atoms with Gasteiger partial charge in [0.2, 0.25) is 0 Å². The molecule has 1 saturated heterocycles. The van der Waals surface area contributed by atoms with Crippen LogP contribution in [0.5, 0.6) is 0 Å². The summed E-state index contributed by atoms with van der Waals surface area (Å²) in [6.07, 6.45) is -2.49. The van der Waals surface area contributed by atoms with Crippen molar-refractivity contribution >= 4 is 25.3 Å². The molecule has 2 heterocycles. The summed E-state index contributed by atoms with van der Waals surface area (Å²) >= 11 is 0.711. The van der Waals surface area contributed by atoms with Crippen molar-refractivity contribution in [2.45, 2.75) is 22.8 Å². The van der Waals surface area contributed by atoms with E-state index < -0.39 is 59.1 Å². The molecule has 0 amide bonds. The normalized spacial score (nSPS) is 27.3. The first kappa shape index (κ1) is 18.8. The Morgan fingerprint density at radius 3 is 2.54 bits per heavy atom. The smallest absolute Gasteiger partial charge is 0.389 e. The number of nitrogens with one attached hydrogen (secondary N) is 1. The van der Waals surface area contributed by atoms with Crippen molar-refractivity contribution in [1.82, 2.24) is 9.55 Å². The zero-order chi connectivity index (χ0) is 18.2. The number of nitro groups is 1. The Labute approximate surface area is 136 Å². The third-order valence-electron chi connectivity index (χ3n) is 3.16. The topological polar surface area (TPSA) is 205 Å². The number of phosphoric acid groups is 1. The molecule has 1 fully saturated rings. The summed E-state index contributed by atoms with van der Waals surface area (Å²) in [5, 5.41) is 28.4. The minimum Gasteiger partial charge on any atom is -0.389 e. The number of aliphatic hydroxyl groups excluding tert-OH is 2. The van der Waals surface area contributed by atoms with Crippen molar-refractivity contribution in [3.8, 4) is 0 Å². The Balaban J connectivity index is 2.31. The van der Waals surface area contributed by atoms with Gasteiger partial charge in [-0.25, -0.2) is 9.36 Å². The van der Waals surface area contributed by atoms with Crippen molar-refractivity contribution in [3.63, 3.8) is 0 Å². The SMILES string of the molecule is O=c1[nH]c(=O)n(C2SC(COP(=O)(O)O)C(O)C2O)cc1[N+](=O)[O-]. The molecule has 24 heavy (non-hydrogen) atoms. The predicted molar refractivity (Wildman–Crippen MR) is 78.4 cm³/mol. The van der Waals surface area contributed by atoms with Gasteiger partial charge in [-0.05, 0) is 0 Å². The average molecular weight is 385 g/mol. The first-order chi connectivity index (χ1) is 11.0. The number of aromatic amines is 1. The minimum absolute atomic E-state index is 0.626. The second-order valence-electron chi connectivity index (χ2n) is 4.77. The molecule has 0 radical (unpaired) electrons. The Bertz CT molecular complexity index is 801. The lowest BCUT2D eigenvalue weighted by atomic mass is 10.1. The molecule has 0 bridgehead atoms. The second-order valence-corrected chi connectivity index (χ2v) is 7.37. The van der Waals surface area contributed by atoms with Crippen LogP contribution >= 0.6 is 19.6 Å². The van der Waals surface area contributed by atoms with Gasteiger partial charge in [0.15, 0.2) is 0 Å². The maximum atomic E-state index is 11.8. The lowest BCUT2D eigenvalue weighted by Crippen LogP contribution is -2.38. The van der Waals surface area contributed by atoms with E-state index in [0.29, 0.717) is 22.5 Å². The first-order valence-corrected chi connectivity index (χ1v) is 8.70. The molecule has 5 N–H and O–H groups in total. The van der Waals surface area contributed by atoms with Crippen LogP contribution in [0.1, 0.15) is 5.37 Å². The van der Waals surface area contributed by atoms with Crippen molar-refractivity contribution < 1.29 is 34.0 Å². The molecule has 0 aliphatic carbocycles. The average Bonchev–Trinajstić information content (AvgIpc) is 2.72. The number of H-pyrrole nitrogens is 1. The maximum absolute atomic E-state index is 11.8. The summed E-state index contributed by atoms with van der Waals surface area (Å²) in [4.78, 5) is 51.9. The van der Waals surface area contributed by atoms with Gasteiger partial charge >= 0.3 is 24.8 Å². The monoisotopic (exact) mass is 385 g/mol. The van der Waals surface area contributed by atoms with Gasteiger partial charge in [0.1, 0.15) is 11.5 Å². The highest BCUT2D eigenvalue weighted by atomic mass is 32.2. The molecule has 2 rings (SSSR count). The molecular weight excluding hydrogens is 373 g/mol. The Kier molecular flexibility index (Phi) is 5.29. The van der Waals surface area contributed by atoms with Crippen LogP contribution in [0, 0.1) is 10.1 Å². The van der Waals surface area contributed by atoms with Gasteiger partial charge in [-0.3, -0.25) is 29.0 Å². The standard InChI is InChI=1S/C9H12N3O10PS/c13-5-4(2-22-23(19,20)21)24-8(6(5)14)11-1-3(12(17)18)7(15)10-9(11)16/h1,4-6,8,13-14H,2H2,(H,10,15,16)(H2,19,20,21). The van der Waals surface area contributed by atoms with E-state index in [1.165, 1.54) is 0 Å². The van der Waals surface area contributed by atoms with Crippen LogP contribution in [0.25, 0.3) is 0 Å². The fourth-order valence-corrected chi connectivity index (χ4v) is 3.95. The van der Waals surface area contributed by atoms with E-state index in [0.717, 1.165) is 0 Å². The molecule has 134 valence electrons. The Hall–Kier alpha value is -1.54. The summed E-state index contributed by atoms with van der Waals surface area (Å²) in [6.45, 7) is -0.635. The second kappa shape index (κ2) is 6.76. The lowest BCUT2D eigenvalue weighted by molar-refractivity contribution is -0.386. The van der Waals surface area contributed by atoms with Crippen molar-refractivity contribution in [2.24, 2.45) is 0 Å². The van der Waals surface area contributed by atoms with Gasteiger partial charge in [0, 0.05) is 0 Å². The maximum Gasteiger partial charge on any atom is 0.469 e. The Morgan fingerprint density at radius 1 is 1.38 bits per heavy atom. The summed E-state index contributed by atoms with van der Waals surface area (Å²) in [6, 6.07) is 0. The number of aliphatic hydroxyl groups is 2. The minimum atomic E-state index is -4.80. The number of thioether (sulfide) groups is 1. The van der Waals surface area contributed by atoms with Gasteiger partial charge in [0.25, 0.3) is 0 Å². The van der Waals surface area contributed by atoms with Crippen LogP contribution in [-0.2, 0) is 9.09 Å². The third kappa shape index (κ3) is 3.92. The van der Waals surface area contributed by atoms with E-state index in [2.05, 4.69) is 4.52 Å². The van der Waals surface area contributed by atoms with Gasteiger partial charge in [-0.1, -0.05) is 0 Å². The number of hydrogen-bond acceptors (Lipinski definition) is 9. The first-order valence-electron chi connectivity index (χ1n) is 6.23. The number of phosphoric ester groups is 1. The van der Waals surface area contributed by atoms with Crippen LogP contribution in [0.2, 0.25) is 0 Å². The molecule has 13 nitrogen and oxygen atoms in total. The molecule has 1 aromatic rings. The van der Waals surface area contributed by atoms with Gasteiger partial charge in [-0.2, -0.15) is 0 Å². The molecular formula is C9H12N3O10PS. The van der Waals surface area contributed by atoms with Crippen LogP contribution in [0.4, 0.5) is 5.69 Å². The number of rotatable bonds is 5. The van der Waals surface area contributed by atoms with Crippen LogP contribution in [-0.4, -0.2) is 58.5 Å². The van der Waals surface area contributed by atoms with Crippen molar-refractivity contribution in [3.05, 3.63) is 37.1 Å². The summed E-state index contributed by atoms with van der Waals surface area (Å²) in [7, 11) is -4.80. The van der Waals surface area contributed by atoms with E-state index in [1.807, 2.05) is 0 Å². The van der Waals surface area contributed by atoms with E-state index in [4.69, 9.17) is 9.79 Å².